The van der Waals surface area contributed by atoms with Crippen LogP contribution in [0.3, 0.4) is 0 Å². The van der Waals surface area contributed by atoms with E-state index in [1.165, 1.54) is 40.0 Å². The van der Waals surface area contributed by atoms with E-state index in [0.29, 0.717) is 6.54 Å². The zero-order valence-corrected chi connectivity index (χ0v) is 20.8. The van der Waals surface area contributed by atoms with Crippen molar-refractivity contribution < 1.29 is 0 Å². The fraction of sp³-hybridized carbons (Fsp3) is 0.320. The van der Waals surface area contributed by atoms with E-state index in [-0.39, 0.29) is 0 Å². The molecule has 4 nitrogen and oxygen atoms in total. The van der Waals surface area contributed by atoms with Gasteiger partial charge in [-0.1, -0.05) is 49.0 Å². The predicted molar refractivity (Wildman–Crippen MR) is 137 cm³/mol. The van der Waals surface area contributed by atoms with Gasteiger partial charge in [0, 0.05) is 39.1 Å². The van der Waals surface area contributed by atoms with Crippen LogP contribution in [0.1, 0.15) is 35.0 Å². The highest BCUT2D eigenvalue weighted by Crippen LogP contribution is 2.38. The highest BCUT2D eigenvalue weighted by Gasteiger charge is 2.24. The number of allylic oxidation sites excluding steroid dienone is 1. The Morgan fingerprint density at radius 3 is 2.91 bits per heavy atom. The van der Waals surface area contributed by atoms with Gasteiger partial charge in [0.05, 0.1) is 5.69 Å². The lowest BCUT2D eigenvalue weighted by Crippen LogP contribution is -2.10. The van der Waals surface area contributed by atoms with Gasteiger partial charge < -0.3 is 0 Å². The lowest BCUT2D eigenvalue weighted by Gasteiger charge is -2.19. The van der Waals surface area contributed by atoms with Gasteiger partial charge in [-0.25, -0.2) is 4.98 Å². The molecule has 0 spiro atoms. The van der Waals surface area contributed by atoms with Crippen molar-refractivity contribution in [3.63, 3.8) is 0 Å². The lowest BCUT2D eigenvalue weighted by atomic mass is 9.88. The van der Waals surface area contributed by atoms with Gasteiger partial charge in [0.15, 0.2) is 11.0 Å². The highest BCUT2D eigenvalue weighted by molar-refractivity contribution is 7.98. The fourth-order valence-corrected chi connectivity index (χ4v) is 7.30. The first kappa shape index (κ1) is 21.6. The number of aromatic nitrogens is 4. The van der Waals surface area contributed by atoms with Crippen LogP contribution in [0.25, 0.3) is 22.0 Å². The maximum atomic E-state index is 4.88. The number of thiophene rings is 1. The summed E-state index contributed by atoms with van der Waals surface area (Å²) in [7, 11) is 0. The Balaban J connectivity index is 1.37. The molecule has 0 bridgehead atoms. The third-order valence-electron chi connectivity index (χ3n) is 5.95. The Hall–Kier alpha value is -2.22. The number of thioether (sulfide) groups is 1. The van der Waals surface area contributed by atoms with Crippen molar-refractivity contribution in [2.75, 3.05) is 0 Å². The number of thiazole rings is 1. The summed E-state index contributed by atoms with van der Waals surface area (Å²) in [6, 6.07) is 8.41. The molecule has 32 heavy (non-hydrogen) atoms. The standard InChI is InChI=1S/C25H26N4S3/c1-4-11-29-23(21-15-30-22-12-16(2)9-10-20(21)22)27-28-25(29)32-14-18-13-31-24(26-18)19-8-6-5-7-17(19)3/h4-8,13,15-16H,1,9-12,14H2,2-3H3/t16-/m0/s1. The summed E-state index contributed by atoms with van der Waals surface area (Å²) in [5.41, 5.74) is 6.28. The van der Waals surface area contributed by atoms with Crippen LogP contribution in [0.4, 0.5) is 0 Å². The first-order valence-corrected chi connectivity index (χ1v) is 13.7. The molecule has 3 aromatic heterocycles. The summed E-state index contributed by atoms with van der Waals surface area (Å²) in [6.07, 6.45) is 5.50. The molecule has 1 aliphatic rings. The molecule has 0 unspecified atom stereocenters. The van der Waals surface area contributed by atoms with Crippen molar-refractivity contribution in [2.24, 2.45) is 5.92 Å². The average molecular weight is 479 g/mol. The molecule has 0 radical (unpaired) electrons. The number of nitrogens with zero attached hydrogens (tertiary/aromatic N) is 4. The van der Waals surface area contributed by atoms with E-state index in [9.17, 15) is 0 Å². The van der Waals surface area contributed by atoms with Crippen LogP contribution >= 0.6 is 34.4 Å². The lowest BCUT2D eigenvalue weighted by molar-refractivity contribution is 0.508. The zero-order valence-electron chi connectivity index (χ0n) is 18.4. The Labute approximate surface area is 201 Å². The molecule has 3 heterocycles. The van der Waals surface area contributed by atoms with E-state index in [0.717, 1.165) is 39.8 Å². The van der Waals surface area contributed by atoms with Gasteiger partial charge in [0.2, 0.25) is 0 Å². The van der Waals surface area contributed by atoms with E-state index in [1.54, 1.807) is 23.1 Å². The topological polar surface area (TPSA) is 43.6 Å². The van der Waals surface area contributed by atoms with Crippen LogP contribution in [-0.2, 0) is 25.1 Å². The van der Waals surface area contributed by atoms with Gasteiger partial charge in [-0.05, 0) is 43.2 Å². The van der Waals surface area contributed by atoms with Crippen molar-refractivity contribution >= 4 is 34.4 Å². The summed E-state index contributed by atoms with van der Waals surface area (Å²) < 4.78 is 2.20. The van der Waals surface area contributed by atoms with Crippen molar-refractivity contribution in [1.82, 2.24) is 19.7 Å². The van der Waals surface area contributed by atoms with E-state index in [4.69, 9.17) is 4.98 Å². The molecular weight excluding hydrogens is 453 g/mol. The number of fused-ring (bicyclic) bond motifs is 1. The van der Waals surface area contributed by atoms with Crippen LogP contribution < -0.4 is 0 Å². The van der Waals surface area contributed by atoms with Gasteiger partial charge >= 0.3 is 0 Å². The Morgan fingerprint density at radius 1 is 1.19 bits per heavy atom. The molecule has 4 aromatic rings. The van der Waals surface area contributed by atoms with Crippen LogP contribution in [-0.4, -0.2) is 19.7 Å². The summed E-state index contributed by atoms with van der Waals surface area (Å²) in [5.74, 6) is 2.52. The molecule has 0 fully saturated rings. The summed E-state index contributed by atoms with van der Waals surface area (Å²) >= 11 is 5.28. The molecular formula is C25H26N4S3. The Morgan fingerprint density at radius 2 is 2.06 bits per heavy atom. The van der Waals surface area contributed by atoms with Gasteiger partial charge in [-0.2, -0.15) is 0 Å². The number of hydrogen-bond donors (Lipinski definition) is 0. The minimum absolute atomic E-state index is 0.706. The minimum Gasteiger partial charge on any atom is -0.298 e. The molecule has 1 atom stereocenters. The van der Waals surface area contributed by atoms with Crippen LogP contribution in [0.15, 0.2) is 52.8 Å². The maximum absolute atomic E-state index is 4.88. The third kappa shape index (κ3) is 4.21. The highest BCUT2D eigenvalue weighted by atomic mass is 32.2. The third-order valence-corrected chi connectivity index (χ3v) is 8.92. The van der Waals surface area contributed by atoms with Crippen molar-refractivity contribution in [3.8, 4) is 22.0 Å². The van der Waals surface area contributed by atoms with Crippen molar-refractivity contribution in [1.29, 1.82) is 0 Å². The van der Waals surface area contributed by atoms with Gasteiger partial charge in [-0.3, -0.25) is 4.57 Å². The molecule has 0 N–H and O–H groups in total. The molecule has 0 aliphatic heterocycles. The van der Waals surface area contributed by atoms with Crippen LogP contribution in [0.2, 0.25) is 0 Å². The van der Waals surface area contributed by atoms with Crippen molar-refractivity contribution in [2.45, 2.75) is 50.6 Å². The summed E-state index contributed by atoms with van der Waals surface area (Å²) in [6.45, 7) is 9.15. The number of hydrogen-bond acceptors (Lipinski definition) is 6. The maximum Gasteiger partial charge on any atom is 0.192 e. The molecule has 0 saturated carbocycles. The van der Waals surface area contributed by atoms with Crippen LogP contribution in [0, 0.1) is 12.8 Å². The second kappa shape index (κ2) is 9.33. The molecule has 164 valence electrons. The molecule has 1 aromatic carbocycles. The van der Waals surface area contributed by atoms with Gasteiger partial charge in [-0.15, -0.1) is 39.4 Å². The van der Waals surface area contributed by atoms with Gasteiger partial charge in [0.1, 0.15) is 5.01 Å². The number of aryl methyl sites for hydroxylation is 1. The number of rotatable bonds is 7. The van der Waals surface area contributed by atoms with Gasteiger partial charge in [0.25, 0.3) is 0 Å². The zero-order chi connectivity index (χ0) is 22.1. The normalized spacial score (nSPS) is 15.6. The number of benzene rings is 1. The smallest absolute Gasteiger partial charge is 0.192 e. The monoisotopic (exact) mass is 478 g/mol. The molecule has 7 heteroatoms. The second-order valence-electron chi connectivity index (χ2n) is 8.35. The average Bonchev–Trinajstić information content (AvgIpc) is 3.51. The molecule has 5 rings (SSSR count). The summed E-state index contributed by atoms with van der Waals surface area (Å²) in [4.78, 5) is 6.40. The van der Waals surface area contributed by atoms with Crippen LogP contribution in [0.5, 0.6) is 0 Å². The first-order valence-electron chi connectivity index (χ1n) is 10.9. The fourth-order valence-electron chi connectivity index (χ4n) is 4.20. The molecule has 1 aliphatic carbocycles. The van der Waals surface area contributed by atoms with E-state index >= 15 is 0 Å². The first-order chi connectivity index (χ1) is 15.6. The second-order valence-corrected chi connectivity index (χ2v) is 11.1. The quantitative estimate of drug-likeness (QED) is 0.211. The van der Waals surface area contributed by atoms with E-state index in [2.05, 4.69) is 70.2 Å². The summed E-state index contributed by atoms with van der Waals surface area (Å²) in [5, 5.41) is 15.6. The Bertz CT molecular complexity index is 1250. The molecule has 0 saturated heterocycles. The SMILES string of the molecule is C=CCn1c(SCc2csc(-c3ccccc3C)n2)nnc1-c1csc2c1CC[C@H](C)C2. The minimum atomic E-state index is 0.706. The Kier molecular flexibility index (Phi) is 6.31. The molecule has 0 amide bonds. The van der Waals surface area contributed by atoms with Crippen molar-refractivity contribution in [3.05, 3.63) is 69.4 Å². The van der Waals surface area contributed by atoms with E-state index in [1.807, 2.05) is 17.4 Å². The predicted octanol–water partition coefficient (Wildman–Crippen LogP) is 7.04. The largest absolute Gasteiger partial charge is 0.298 e. The van der Waals surface area contributed by atoms with E-state index < -0.39 is 0 Å².